The Balaban J connectivity index is 1.56. The summed E-state index contributed by atoms with van der Waals surface area (Å²) in [4.78, 5) is 12.7. The lowest BCUT2D eigenvalue weighted by Gasteiger charge is -2.14. The standard InChI is InChI=1S/C24H21N3O2S/c1-16(23(28)25-18-12-14-19(29-2)15-13-18)30-24-21-11-7-6-10-20(21)22(26-27-24)17-8-4-3-5-9-17/h3-16H,1-2H3,(H,25,28)/t16-/m1/s1. The second-order valence-corrected chi connectivity index (χ2v) is 8.07. The van der Waals surface area contributed by atoms with Crippen LogP contribution in [0.15, 0.2) is 83.9 Å². The van der Waals surface area contributed by atoms with Gasteiger partial charge in [-0.2, -0.15) is 0 Å². The molecule has 0 aliphatic carbocycles. The van der Waals surface area contributed by atoms with Crippen molar-refractivity contribution in [3.05, 3.63) is 78.9 Å². The molecule has 1 heterocycles. The maximum atomic E-state index is 12.7. The zero-order valence-corrected chi connectivity index (χ0v) is 17.5. The third-order valence-electron chi connectivity index (χ3n) is 4.72. The molecule has 0 aliphatic heterocycles. The molecule has 30 heavy (non-hydrogen) atoms. The smallest absolute Gasteiger partial charge is 0.237 e. The first kappa shape index (κ1) is 19.9. The fourth-order valence-electron chi connectivity index (χ4n) is 3.11. The molecule has 0 spiro atoms. The molecule has 6 heteroatoms. The van der Waals surface area contributed by atoms with Crippen LogP contribution >= 0.6 is 11.8 Å². The zero-order valence-electron chi connectivity index (χ0n) is 16.7. The SMILES string of the molecule is COc1ccc(NC(=O)[C@@H](C)Sc2nnc(-c3ccccc3)c3ccccc23)cc1. The molecule has 1 atom stereocenters. The van der Waals surface area contributed by atoms with Crippen molar-refractivity contribution in [2.24, 2.45) is 0 Å². The van der Waals surface area contributed by atoms with E-state index in [1.807, 2.05) is 85.8 Å². The van der Waals surface area contributed by atoms with E-state index in [4.69, 9.17) is 4.74 Å². The van der Waals surface area contributed by atoms with Gasteiger partial charge in [0.1, 0.15) is 16.5 Å². The maximum Gasteiger partial charge on any atom is 0.237 e. The lowest BCUT2D eigenvalue weighted by atomic mass is 10.1. The Bertz CT molecular complexity index is 1160. The molecule has 3 aromatic carbocycles. The minimum atomic E-state index is -0.340. The van der Waals surface area contributed by atoms with Crippen molar-refractivity contribution in [1.82, 2.24) is 10.2 Å². The number of carbonyl (C=O) groups excluding carboxylic acids is 1. The Kier molecular flexibility index (Phi) is 5.95. The lowest BCUT2D eigenvalue weighted by molar-refractivity contribution is -0.115. The summed E-state index contributed by atoms with van der Waals surface area (Å²) < 4.78 is 5.15. The quantitative estimate of drug-likeness (QED) is 0.426. The number of fused-ring (bicyclic) bond motifs is 1. The molecule has 4 rings (SSSR count). The second kappa shape index (κ2) is 8.97. The van der Waals surface area contributed by atoms with E-state index in [1.54, 1.807) is 7.11 Å². The Morgan fingerprint density at radius 2 is 1.57 bits per heavy atom. The van der Waals surface area contributed by atoms with Crippen molar-refractivity contribution >= 4 is 34.1 Å². The summed E-state index contributed by atoms with van der Waals surface area (Å²) in [6.07, 6.45) is 0. The minimum absolute atomic E-state index is 0.0943. The molecule has 4 aromatic rings. The van der Waals surface area contributed by atoms with Gasteiger partial charge in [-0.25, -0.2) is 0 Å². The van der Waals surface area contributed by atoms with Crippen LogP contribution in [0.2, 0.25) is 0 Å². The van der Waals surface area contributed by atoms with Gasteiger partial charge in [-0.05, 0) is 31.2 Å². The van der Waals surface area contributed by atoms with Crippen LogP contribution in [0.5, 0.6) is 5.75 Å². The van der Waals surface area contributed by atoms with E-state index in [9.17, 15) is 4.79 Å². The molecule has 0 saturated heterocycles. The molecule has 0 fully saturated rings. The van der Waals surface area contributed by atoms with Crippen LogP contribution in [0.25, 0.3) is 22.0 Å². The Morgan fingerprint density at radius 3 is 2.27 bits per heavy atom. The van der Waals surface area contributed by atoms with Crippen LogP contribution in [0.1, 0.15) is 6.92 Å². The first-order chi connectivity index (χ1) is 14.7. The molecule has 0 saturated carbocycles. The molecule has 0 aliphatic rings. The number of ether oxygens (including phenoxy) is 1. The molecule has 5 nitrogen and oxygen atoms in total. The molecular formula is C24H21N3O2S. The number of nitrogens with zero attached hydrogens (tertiary/aromatic N) is 2. The highest BCUT2D eigenvalue weighted by Crippen LogP contribution is 2.33. The van der Waals surface area contributed by atoms with E-state index in [-0.39, 0.29) is 11.2 Å². The summed E-state index contributed by atoms with van der Waals surface area (Å²) in [6, 6.07) is 25.3. The molecule has 0 bridgehead atoms. The fraction of sp³-hybridized carbons (Fsp3) is 0.125. The molecular weight excluding hydrogens is 394 g/mol. The van der Waals surface area contributed by atoms with Gasteiger partial charge < -0.3 is 10.1 Å². The summed E-state index contributed by atoms with van der Waals surface area (Å²) in [5.74, 6) is 0.652. The van der Waals surface area contributed by atoms with Gasteiger partial charge in [-0.1, -0.05) is 66.4 Å². The van der Waals surface area contributed by atoms with Crippen LogP contribution < -0.4 is 10.1 Å². The van der Waals surface area contributed by atoms with Crippen molar-refractivity contribution in [2.75, 3.05) is 12.4 Å². The van der Waals surface area contributed by atoms with Gasteiger partial charge in [0.05, 0.1) is 12.4 Å². The van der Waals surface area contributed by atoms with Crippen molar-refractivity contribution in [2.45, 2.75) is 17.2 Å². The lowest BCUT2D eigenvalue weighted by Crippen LogP contribution is -2.22. The van der Waals surface area contributed by atoms with E-state index < -0.39 is 0 Å². The summed E-state index contributed by atoms with van der Waals surface area (Å²) in [6.45, 7) is 1.87. The van der Waals surface area contributed by atoms with Crippen LogP contribution in [-0.2, 0) is 4.79 Å². The normalized spacial score (nSPS) is 11.8. The number of nitrogens with one attached hydrogen (secondary N) is 1. The van der Waals surface area contributed by atoms with Crippen molar-refractivity contribution in [3.8, 4) is 17.0 Å². The van der Waals surface area contributed by atoms with E-state index in [0.29, 0.717) is 0 Å². The number of rotatable bonds is 6. The largest absolute Gasteiger partial charge is 0.497 e. The molecule has 1 aromatic heterocycles. The zero-order chi connectivity index (χ0) is 20.9. The number of methoxy groups -OCH3 is 1. The van der Waals surface area contributed by atoms with Crippen LogP contribution in [0.4, 0.5) is 5.69 Å². The van der Waals surface area contributed by atoms with Crippen LogP contribution in [0.3, 0.4) is 0 Å². The van der Waals surface area contributed by atoms with Gasteiger partial charge >= 0.3 is 0 Å². The van der Waals surface area contributed by atoms with Crippen LogP contribution in [-0.4, -0.2) is 28.5 Å². The van der Waals surface area contributed by atoms with Crippen LogP contribution in [0, 0.1) is 0 Å². The van der Waals surface area contributed by atoms with Crippen molar-refractivity contribution in [1.29, 1.82) is 0 Å². The molecule has 1 N–H and O–H groups in total. The Hall–Kier alpha value is -3.38. The number of anilines is 1. The number of amides is 1. The van der Waals surface area contributed by atoms with Gasteiger partial charge in [0, 0.05) is 22.0 Å². The predicted molar refractivity (Wildman–Crippen MR) is 122 cm³/mol. The highest BCUT2D eigenvalue weighted by molar-refractivity contribution is 8.00. The number of thioether (sulfide) groups is 1. The van der Waals surface area contributed by atoms with E-state index in [2.05, 4.69) is 15.5 Å². The predicted octanol–water partition coefficient (Wildman–Crippen LogP) is 5.42. The molecule has 1 amide bonds. The minimum Gasteiger partial charge on any atom is -0.497 e. The fourth-order valence-corrected chi connectivity index (χ4v) is 4.01. The highest BCUT2D eigenvalue weighted by atomic mass is 32.2. The highest BCUT2D eigenvalue weighted by Gasteiger charge is 2.19. The van der Waals surface area contributed by atoms with Crippen molar-refractivity contribution < 1.29 is 9.53 Å². The molecule has 0 radical (unpaired) electrons. The van der Waals surface area contributed by atoms with E-state index in [0.717, 1.165) is 38.5 Å². The molecule has 0 unspecified atom stereocenters. The van der Waals surface area contributed by atoms with Gasteiger partial charge in [-0.15, -0.1) is 10.2 Å². The topological polar surface area (TPSA) is 64.1 Å². The van der Waals surface area contributed by atoms with Gasteiger partial charge in [0.2, 0.25) is 5.91 Å². The number of hydrogen-bond acceptors (Lipinski definition) is 5. The molecule has 150 valence electrons. The first-order valence-electron chi connectivity index (χ1n) is 9.58. The summed E-state index contributed by atoms with van der Waals surface area (Å²) in [5, 5.41) is 14.3. The Labute approximate surface area is 179 Å². The second-order valence-electron chi connectivity index (χ2n) is 6.74. The third-order valence-corrected chi connectivity index (χ3v) is 5.81. The first-order valence-corrected chi connectivity index (χ1v) is 10.5. The third kappa shape index (κ3) is 4.28. The van der Waals surface area contributed by atoms with E-state index in [1.165, 1.54) is 11.8 Å². The van der Waals surface area contributed by atoms with Gasteiger partial charge in [0.15, 0.2) is 0 Å². The number of carbonyl (C=O) groups is 1. The monoisotopic (exact) mass is 415 g/mol. The number of benzene rings is 3. The average molecular weight is 416 g/mol. The number of hydrogen-bond donors (Lipinski definition) is 1. The van der Waals surface area contributed by atoms with E-state index >= 15 is 0 Å². The average Bonchev–Trinajstić information content (AvgIpc) is 2.80. The summed E-state index contributed by atoms with van der Waals surface area (Å²) >= 11 is 1.40. The van der Waals surface area contributed by atoms with Gasteiger partial charge in [0.25, 0.3) is 0 Å². The number of aromatic nitrogens is 2. The maximum absolute atomic E-state index is 12.7. The summed E-state index contributed by atoms with van der Waals surface area (Å²) in [5.41, 5.74) is 2.58. The van der Waals surface area contributed by atoms with Gasteiger partial charge in [-0.3, -0.25) is 4.79 Å². The summed E-state index contributed by atoms with van der Waals surface area (Å²) in [7, 11) is 1.61. The Morgan fingerprint density at radius 1 is 0.900 bits per heavy atom. The van der Waals surface area contributed by atoms with Crippen molar-refractivity contribution in [3.63, 3.8) is 0 Å².